The van der Waals surface area contributed by atoms with Crippen LogP contribution >= 0.6 is 0 Å². The molecule has 0 aliphatic heterocycles. The minimum absolute atomic E-state index is 0.0680. The molecule has 0 atom stereocenters. The molecule has 0 saturated carbocycles. The SMILES string of the molecule is N#CC(C#N)=c1c2oc3cc(C#N)ccc3c2c(=C(C#N)C#N)c2c1oc1cc(C#N)ccc12. The van der Waals surface area contributed by atoms with Crippen LogP contribution in [0.4, 0.5) is 0 Å². The lowest BCUT2D eigenvalue weighted by molar-refractivity contribution is 0.650. The third-order valence-electron chi connectivity index (χ3n) is 5.54. The fourth-order valence-corrected chi connectivity index (χ4v) is 4.16. The molecule has 0 aliphatic rings. The van der Waals surface area contributed by atoms with Crippen LogP contribution < -0.4 is 10.4 Å². The smallest absolute Gasteiger partial charge is 0.149 e. The van der Waals surface area contributed by atoms with Gasteiger partial charge in [-0.15, -0.1) is 0 Å². The topological polar surface area (TPSA) is 169 Å². The fraction of sp³-hybridized carbons (Fsp3) is 0. The van der Waals surface area contributed by atoms with E-state index in [0.29, 0.717) is 32.7 Å². The molecule has 2 heterocycles. The van der Waals surface area contributed by atoms with Gasteiger partial charge in [-0.1, -0.05) is 0 Å². The predicted molar refractivity (Wildman–Crippen MR) is 119 cm³/mol. The maximum absolute atomic E-state index is 9.79. The molecule has 0 radical (unpaired) electrons. The molecule has 34 heavy (non-hydrogen) atoms. The van der Waals surface area contributed by atoms with Crippen LogP contribution in [0.1, 0.15) is 11.1 Å². The van der Waals surface area contributed by atoms with Gasteiger partial charge in [0.15, 0.2) is 0 Å². The lowest BCUT2D eigenvalue weighted by Gasteiger charge is -1.99. The number of furan rings is 2. The van der Waals surface area contributed by atoms with Crippen molar-refractivity contribution in [2.24, 2.45) is 0 Å². The van der Waals surface area contributed by atoms with Crippen molar-refractivity contribution in [1.82, 2.24) is 0 Å². The standard InChI is InChI=1S/C26H6N6O2/c27-7-13-1-3-17-19(5-13)33-25-22(16(11-31)12-32)26-24(21(23(17)25)15(9-29)10-30)18-4-2-14(8-28)6-20(18)34-26/h1-6H. The monoisotopic (exact) mass is 434 g/mol. The number of rotatable bonds is 0. The van der Waals surface area contributed by atoms with Crippen LogP contribution in [0.15, 0.2) is 45.2 Å². The molecule has 0 aliphatic carbocycles. The normalized spacial score (nSPS) is 10.2. The summed E-state index contributed by atoms with van der Waals surface area (Å²) in [7, 11) is 0. The number of fused-ring (bicyclic) bond motifs is 6. The molecule has 3 aromatic carbocycles. The molecule has 0 fully saturated rings. The first-order valence-corrected chi connectivity index (χ1v) is 9.63. The Morgan fingerprint density at radius 1 is 0.559 bits per heavy atom. The summed E-state index contributed by atoms with van der Waals surface area (Å²) in [6.45, 7) is 0. The number of hydrogen-bond donors (Lipinski definition) is 0. The Balaban J connectivity index is 2.31. The molecule has 0 spiro atoms. The summed E-state index contributed by atoms with van der Waals surface area (Å²) in [4.78, 5) is 0. The van der Waals surface area contributed by atoms with Gasteiger partial charge in [-0.05, 0) is 36.4 Å². The van der Waals surface area contributed by atoms with Crippen molar-refractivity contribution in [1.29, 1.82) is 31.6 Å². The average Bonchev–Trinajstić information content (AvgIpc) is 3.43. The molecule has 2 aromatic heterocycles. The van der Waals surface area contributed by atoms with Crippen molar-refractivity contribution < 1.29 is 8.83 Å². The second-order valence-electron chi connectivity index (χ2n) is 7.21. The highest BCUT2D eigenvalue weighted by Gasteiger charge is 2.23. The van der Waals surface area contributed by atoms with Crippen molar-refractivity contribution in [2.75, 3.05) is 0 Å². The van der Waals surface area contributed by atoms with E-state index in [2.05, 4.69) is 0 Å². The summed E-state index contributed by atoms with van der Waals surface area (Å²) >= 11 is 0. The second kappa shape index (κ2) is 7.27. The summed E-state index contributed by atoms with van der Waals surface area (Å²) in [5.41, 5.74) is 0.843. The molecule has 0 unspecified atom stereocenters. The van der Waals surface area contributed by atoms with Crippen molar-refractivity contribution in [3.05, 3.63) is 58.0 Å². The molecule has 0 bridgehead atoms. The zero-order valence-electron chi connectivity index (χ0n) is 17.0. The van der Waals surface area contributed by atoms with E-state index in [1.807, 2.05) is 36.4 Å². The van der Waals surface area contributed by atoms with Gasteiger partial charge in [0.1, 0.15) is 57.8 Å². The van der Waals surface area contributed by atoms with E-state index in [0.717, 1.165) is 0 Å². The summed E-state index contributed by atoms with van der Waals surface area (Å²) in [5.74, 6) is 0. The molecule has 0 saturated heterocycles. The molecule has 152 valence electrons. The molecule has 0 N–H and O–H groups in total. The minimum Gasteiger partial charge on any atom is -0.455 e. The van der Waals surface area contributed by atoms with E-state index in [1.165, 1.54) is 12.1 Å². The van der Waals surface area contributed by atoms with Crippen LogP contribution in [0.25, 0.3) is 55.0 Å². The van der Waals surface area contributed by atoms with Gasteiger partial charge >= 0.3 is 0 Å². The molecule has 8 nitrogen and oxygen atoms in total. The van der Waals surface area contributed by atoms with Gasteiger partial charge in [0.25, 0.3) is 0 Å². The van der Waals surface area contributed by atoms with Crippen molar-refractivity contribution in [3.8, 4) is 36.4 Å². The molecule has 5 aromatic rings. The highest BCUT2D eigenvalue weighted by molar-refractivity contribution is 6.18. The van der Waals surface area contributed by atoms with Gasteiger partial charge in [-0.2, -0.15) is 31.6 Å². The third-order valence-corrected chi connectivity index (χ3v) is 5.54. The second-order valence-corrected chi connectivity index (χ2v) is 7.21. The molecular weight excluding hydrogens is 428 g/mol. The van der Waals surface area contributed by atoms with Crippen LogP contribution in [0.2, 0.25) is 0 Å². The molecule has 8 heteroatoms. The van der Waals surface area contributed by atoms with Crippen LogP contribution in [-0.4, -0.2) is 0 Å². The first-order valence-electron chi connectivity index (χ1n) is 9.63. The lowest BCUT2D eigenvalue weighted by Crippen LogP contribution is -2.16. The van der Waals surface area contributed by atoms with Gasteiger partial charge < -0.3 is 8.83 Å². The maximum atomic E-state index is 9.79. The third kappa shape index (κ3) is 2.52. The highest BCUT2D eigenvalue weighted by atomic mass is 16.3. The van der Waals surface area contributed by atoms with Gasteiger partial charge in [-0.25, -0.2) is 0 Å². The van der Waals surface area contributed by atoms with Crippen LogP contribution in [0.5, 0.6) is 0 Å². The number of benzene rings is 3. The Hall–Kier alpha value is -6.06. The fourth-order valence-electron chi connectivity index (χ4n) is 4.16. The van der Waals surface area contributed by atoms with Crippen LogP contribution in [0.3, 0.4) is 0 Å². The van der Waals surface area contributed by atoms with Gasteiger partial charge in [0.05, 0.1) is 28.5 Å². The largest absolute Gasteiger partial charge is 0.455 e. The van der Waals surface area contributed by atoms with E-state index in [4.69, 9.17) is 8.83 Å². The molecule has 0 amide bonds. The van der Waals surface area contributed by atoms with E-state index in [-0.39, 0.29) is 43.9 Å². The lowest BCUT2D eigenvalue weighted by atomic mass is 9.98. The number of nitrogens with zero attached hydrogens (tertiary/aromatic N) is 6. The number of nitriles is 6. The van der Waals surface area contributed by atoms with Crippen molar-refractivity contribution >= 4 is 55.0 Å². The summed E-state index contributed by atoms with van der Waals surface area (Å²) in [6.07, 6.45) is 0. The first kappa shape index (κ1) is 19.9. The molecule has 5 rings (SSSR count). The van der Waals surface area contributed by atoms with Gasteiger partial charge in [0, 0.05) is 26.8 Å². The zero-order valence-corrected chi connectivity index (χ0v) is 17.0. The van der Waals surface area contributed by atoms with E-state index < -0.39 is 0 Å². The molecular formula is C26H6N6O2. The Kier molecular flexibility index (Phi) is 4.25. The quantitative estimate of drug-likeness (QED) is 0.356. The van der Waals surface area contributed by atoms with Gasteiger partial charge in [0.2, 0.25) is 0 Å². The Labute approximate surface area is 190 Å². The average molecular weight is 434 g/mol. The van der Waals surface area contributed by atoms with Crippen LogP contribution in [0, 0.1) is 68.0 Å². The van der Waals surface area contributed by atoms with Crippen molar-refractivity contribution in [2.45, 2.75) is 0 Å². The van der Waals surface area contributed by atoms with E-state index in [9.17, 15) is 31.6 Å². The summed E-state index contributed by atoms with van der Waals surface area (Å²) in [5, 5.41) is 59.5. The zero-order chi connectivity index (χ0) is 24.0. The Morgan fingerprint density at radius 3 is 1.35 bits per heavy atom. The maximum Gasteiger partial charge on any atom is 0.149 e. The summed E-state index contributed by atoms with van der Waals surface area (Å²) < 4.78 is 12.0. The van der Waals surface area contributed by atoms with Crippen molar-refractivity contribution in [3.63, 3.8) is 0 Å². The van der Waals surface area contributed by atoms with Gasteiger partial charge in [-0.3, -0.25) is 0 Å². The first-order chi connectivity index (χ1) is 16.6. The minimum atomic E-state index is -0.295. The summed E-state index contributed by atoms with van der Waals surface area (Å²) in [6, 6.07) is 21.0. The Morgan fingerprint density at radius 2 is 0.971 bits per heavy atom. The highest BCUT2D eigenvalue weighted by Crippen LogP contribution is 2.32. The van der Waals surface area contributed by atoms with E-state index >= 15 is 0 Å². The Bertz CT molecular complexity index is 1990. The predicted octanol–water partition coefficient (Wildman–Crippen LogP) is 3.62. The van der Waals surface area contributed by atoms with Crippen LogP contribution in [-0.2, 0) is 0 Å². The number of hydrogen-bond acceptors (Lipinski definition) is 8. The van der Waals surface area contributed by atoms with E-state index in [1.54, 1.807) is 24.3 Å².